The maximum atomic E-state index is 13.6. The lowest BCUT2D eigenvalue weighted by Crippen LogP contribution is -2.27. The van der Waals surface area contributed by atoms with Gasteiger partial charge in [0, 0.05) is 31.2 Å². The van der Waals surface area contributed by atoms with Crippen molar-refractivity contribution in [1.82, 2.24) is 9.97 Å². The summed E-state index contributed by atoms with van der Waals surface area (Å²) in [4.78, 5) is 20.1. The van der Waals surface area contributed by atoms with Gasteiger partial charge in [0.05, 0.1) is 36.3 Å². The molecular weight excluding hydrogens is 505 g/mol. The summed E-state index contributed by atoms with van der Waals surface area (Å²) in [5.74, 6) is -1.73. The molecule has 0 aliphatic carbocycles. The molecular formula is C25H34FN3O7S. The van der Waals surface area contributed by atoms with E-state index in [2.05, 4.69) is 9.97 Å². The number of aliphatic hydroxyl groups is 1. The molecule has 0 radical (unpaired) electrons. The Hall–Kier alpha value is -2.93. The lowest BCUT2D eigenvalue weighted by atomic mass is 9.97. The largest absolute Gasteiger partial charge is 0.481 e. The molecule has 0 aliphatic rings. The summed E-state index contributed by atoms with van der Waals surface area (Å²) >= 11 is 0. The third kappa shape index (κ3) is 9.15. The predicted molar refractivity (Wildman–Crippen MR) is 138 cm³/mol. The zero-order chi connectivity index (χ0) is 27.8. The van der Waals surface area contributed by atoms with Crippen LogP contribution in [0.1, 0.15) is 50.8 Å². The summed E-state index contributed by atoms with van der Waals surface area (Å²) in [7, 11) is -2.32. The summed E-state index contributed by atoms with van der Waals surface area (Å²) < 4.78 is 49.5. The minimum Gasteiger partial charge on any atom is -0.481 e. The molecule has 0 fully saturated rings. The second-order valence-electron chi connectivity index (χ2n) is 8.72. The van der Waals surface area contributed by atoms with Crippen LogP contribution in [0, 0.1) is 5.82 Å². The average molecular weight is 540 g/mol. The molecule has 2 atom stereocenters. The van der Waals surface area contributed by atoms with Crippen molar-refractivity contribution in [3.05, 3.63) is 47.4 Å². The fourth-order valence-electron chi connectivity index (χ4n) is 3.38. The van der Waals surface area contributed by atoms with Crippen LogP contribution in [0.25, 0.3) is 17.3 Å². The first kappa shape index (κ1) is 30.3. The number of benzene rings is 1. The van der Waals surface area contributed by atoms with Crippen molar-refractivity contribution in [3.8, 4) is 11.3 Å². The van der Waals surface area contributed by atoms with E-state index in [0.717, 1.165) is 10.6 Å². The number of halogens is 1. The van der Waals surface area contributed by atoms with Gasteiger partial charge < -0.3 is 19.7 Å². The quantitative estimate of drug-likeness (QED) is 0.273. The summed E-state index contributed by atoms with van der Waals surface area (Å²) in [5, 5.41) is 19.8. The second-order valence-corrected chi connectivity index (χ2v) is 10.7. The number of carbonyl (C=O) groups is 1. The summed E-state index contributed by atoms with van der Waals surface area (Å²) in [6.45, 7) is 5.83. The first-order chi connectivity index (χ1) is 17.3. The number of anilines is 1. The number of ether oxygens (including phenoxy) is 2. The van der Waals surface area contributed by atoms with Crippen LogP contribution in [0.2, 0.25) is 0 Å². The zero-order valence-corrected chi connectivity index (χ0v) is 22.4. The van der Waals surface area contributed by atoms with Gasteiger partial charge in [0.15, 0.2) is 0 Å². The molecule has 1 aromatic heterocycles. The van der Waals surface area contributed by atoms with Crippen LogP contribution in [-0.2, 0) is 24.3 Å². The van der Waals surface area contributed by atoms with Crippen molar-refractivity contribution in [2.24, 2.45) is 0 Å². The fourth-order valence-corrected chi connectivity index (χ4v) is 3.76. The Morgan fingerprint density at radius 3 is 2.41 bits per heavy atom. The van der Waals surface area contributed by atoms with Gasteiger partial charge >= 0.3 is 5.97 Å². The molecule has 2 unspecified atom stereocenters. The molecule has 0 aliphatic heterocycles. The number of aliphatic carboxylic acids is 1. The minimum absolute atomic E-state index is 0.00543. The van der Waals surface area contributed by atoms with E-state index >= 15 is 0 Å². The number of nitrogens with zero attached hydrogens (tertiary/aromatic N) is 3. The molecule has 204 valence electrons. The Morgan fingerprint density at radius 1 is 1.22 bits per heavy atom. The van der Waals surface area contributed by atoms with E-state index in [0.29, 0.717) is 29.1 Å². The Morgan fingerprint density at radius 2 is 1.86 bits per heavy atom. The molecule has 37 heavy (non-hydrogen) atoms. The fraction of sp³-hybridized carbons (Fsp3) is 0.480. The summed E-state index contributed by atoms with van der Waals surface area (Å²) in [6.07, 6.45) is 1.92. The van der Waals surface area contributed by atoms with Gasteiger partial charge in [-0.2, -0.15) is 0 Å². The predicted octanol–water partition coefficient (Wildman–Crippen LogP) is 3.42. The molecule has 0 saturated carbocycles. The third-order valence-electron chi connectivity index (χ3n) is 5.39. The highest BCUT2D eigenvalue weighted by molar-refractivity contribution is 7.92. The van der Waals surface area contributed by atoms with Crippen LogP contribution < -0.4 is 4.31 Å². The first-order valence-electron chi connectivity index (χ1n) is 11.7. The molecule has 0 saturated heterocycles. The standard InChI is InChI=1S/C25H34FN3O7S/c1-6-35-15-36-20(14-22(31)32)13-19(30)11-12-21-23(16(2)3)27-25(29(4)37(5,33)34)28-24(21)17-7-9-18(26)10-8-17/h7-12,16,19-20,30H,6,13-15H2,1-5H3,(H,31,32)/b12-11+. The highest BCUT2D eigenvalue weighted by atomic mass is 32.2. The van der Waals surface area contributed by atoms with E-state index in [1.165, 1.54) is 37.4 Å². The van der Waals surface area contributed by atoms with Crippen molar-refractivity contribution in [2.75, 3.05) is 31.0 Å². The molecule has 2 aromatic rings. The highest BCUT2D eigenvalue weighted by Crippen LogP contribution is 2.31. The van der Waals surface area contributed by atoms with Crippen molar-refractivity contribution in [1.29, 1.82) is 0 Å². The van der Waals surface area contributed by atoms with E-state index in [4.69, 9.17) is 14.6 Å². The van der Waals surface area contributed by atoms with Gasteiger partial charge in [-0.05, 0) is 37.1 Å². The van der Waals surface area contributed by atoms with Crippen molar-refractivity contribution in [2.45, 2.75) is 51.7 Å². The topological polar surface area (TPSA) is 139 Å². The van der Waals surface area contributed by atoms with Crippen LogP contribution >= 0.6 is 0 Å². The van der Waals surface area contributed by atoms with E-state index in [9.17, 15) is 22.7 Å². The normalized spacial score (nSPS) is 13.7. The van der Waals surface area contributed by atoms with Gasteiger partial charge in [-0.25, -0.2) is 27.1 Å². The SMILES string of the molecule is CCOCOC(CC(=O)O)CC(O)/C=C/c1c(-c2ccc(F)cc2)nc(N(C)S(C)(=O)=O)nc1C(C)C. The van der Waals surface area contributed by atoms with Gasteiger partial charge in [0.2, 0.25) is 16.0 Å². The van der Waals surface area contributed by atoms with Gasteiger partial charge in [-0.3, -0.25) is 4.79 Å². The van der Waals surface area contributed by atoms with E-state index in [1.807, 2.05) is 13.8 Å². The zero-order valence-electron chi connectivity index (χ0n) is 21.6. The highest BCUT2D eigenvalue weighted by Gasteiger charge is 2.23. The average Bonchev–Trinajstić information content (AvgIpc) is 2.81. The maximum absolute atomic E-state index is 13.6. The van der Waals surface area contributed by atoms with Gasteiger partial charge in [-0.1, -0.05) is 26.0 Å². The minimum atomic E-state index is -3.66. The Labute approximate surface area is 216 Å². The molecule has 0 spiro atoms. The lowest BCUT2D eigenvalue weighted by molar-refractivity contribution is -0.145. The monoisotopic (exact) mass is 539 g/mol. The first-order valence-corrected chi connectivity index (χ1v) is 13.6. The smallest absolute Gasteiger partial charge is 0.305 e. The van der Waals surface area contributed by atoms with Gasteiger partial charge in [0.1, 0.15) is 12.6 Å². The second kappa shape index (κ2) is 13.6. The Kier molecular flexibility index (Phi) is 11.1. The van der Waals surface area contributed by atoms with Crippen LogP contribution in [0.4, 0.5) is 10.3 Å². The maximum Gasteiger partial charge on any atom is 0.305 e. The third-order valence-corrected chi connectivity index (χ3v) is 6.55. The molecule has 12 heteroatoms. The number of hydrogen-bond donors (Lipinski definition) is 2. The van der Waals surface area contributed by atoms with Crippen molar-refractivity contribution in [3.63, 3.8) is 0 Å². The number of aliphatic hydroxyl groups excluding tert-OH is 1. The van der Waals surface area contributed by atoms with Crippen LogP contribution in [0.5, 0.6) is 0 Å². The van der Waals surface area contributed by atoms with E-state index in [1.54, 1.807) is 13.0 Å². The van der Waals surface area contributed by atoms with Gasteiger partial charge in [-0.15, -0.1) is 0 Å². The van der Waals surface area contributed by atoms with E-state index < -0.39 is 34.0 Å². The molecule has 0 bridgehead atoms. The van der Waals surface area contributed by atoms with Crippen LogP contribution in [-0.4, -0.2) is 73.5 Å². The van der Waals surface area contributed by atoms with E-state index in [-0.39, 0.29) is 31.5 Å². The molecule has 10 nitrogen and oxygen atoms in total. The summed E-state index contributed by atoms with van der Waals surface area (Å²) in [6, 6.07) is 5.57. The lowest BCUT2D eigenvalue weighted by Gasteiger charge is -2.21. The van der Waals surface area contributed by atoms with Crippen LogP contribution in [0.3, 0.4) is 0 Å². The number of sulfonamides is 1. The molecule has 2 N–H and O–H groups in total. The molecule has 2 rings (SSSR count). The number of carboxylic acids is 1. The molecule has 1 aromatic carbocycles. The Bertz CT molecular complexity index is 1190. The van der Waals surface area contributed by atoms with Gasteiger partial charge in [0.25, 0.3) is 0 Å². The molecule has 0 amide bonds. The number of hydrogen-bond acceptors (Lipinski definition) is 8. The molecule has 1 heterocycles. The van der Waals surface area contributed by atoms with Crippen molar-refractivity contribution < 1.29 is 37.3 Å². The van der Waals surface area contributed by atoms with Crippen LogP contribution in [0.15, 0.2) is 30.3 Å². The summed E-state index contributed by atoms with van der Waals surface area (Å²) in [5.41, 5.74) is 1.89. The number of rotatable bonds is 14. The Balaban J connectivity index is 2.52. The van der Waals surface area contributed by atoms with Crippen molar-refractivity contribution >= 4 is 28.0 Å². The number of carboxylic acid groups (broad SMARTS) is 1. The number of aromatic nitrogens is 2.